The van der Waals surface area contributed by atoms with Crippen molar-refractivity contribution in [3.8, 4) is 0 Å². The lowest BCUT2D eigenvalue weighted by Crippen LogP contribution is -2.45. The Morgan fingerprint density at radius 3 is 2.68 bits per heavy atom. The number of nitrogens with one attached hydrogen (secondary N) is 1. The molecule has 1 unspecified atom stereocenters. The van der Waals surface area contributed by atoms with E-state index in [1.807, 2.05) is 33.0 Å². The van der Waals surface area contributed by atoms with Crippen LogP contribution in [-0.2, 0) is 9.59 Å². The third-order valence-corrected chi connectivity index (χ3v) is 7.35. The first-order chi connectivity index (χ1) is 14.8. The van der Waals surface area contributed by atoms with Crippen LogP contribution < -0.4 is 15.1 Å². The number of hydrogen-bond acceptors (Lipinski definition) is 6. The van der Waals surface area contributed by atoms with E-state index in [0.717, 1.165) is 29.3 Å². The Bertz CT molecular complexity index is 936. The van der Waals surface area contributed by atoms with Crippen LogP contribution in [0.3, 0.4) is 0 Å². The third kappa shape index (κ3) is 4.35. The van der Waals surface area contributed by atoms with Crippen molar-refractivity contribution >= 4 is 35.1 Å². The molecular formula is C23H31N5O2S. The lowest BCUT2D eigenvalue weighted by molar-refractivity contribution is -0.125. The molecule has 0 bridgehead atoms. The van der Waals surface area contributed by atoms with Crippen molar-refractivity contribution in [1.29, 1.82) is 0 Å². The summed E-state index contributed by atoms with van der Waals surface area (Å²) in [6.45, 7) is 4.69. The summed E-state index contributed by atoms with van der Waals surface area (Å²) >= 11 is 1.50. The molecule has 1 aromatic heterocycles. The second-order valence-electron chi connectivity index (χ2n) is 9.20. The minimum atomic E-state index is -0.491. The smallest absolute Gasteiger partial charge is 0.234 e. The number of nitrogens with zero attached hydrogens (tertiary/aromatic N) is 4. The zero-order valence-corrected chi connectivity index (χ0v) is 19.5. The number of fused-ring (bicyclic) bond motifs is 1. The molecule has 1 fully saturated rings. The predicted molar refractivity (Wildman–Crippen MR) is 124 cm³/mol. The van der Waals surface area contributed by atoms with Gasteiger partial charge in [-0.3, -0.25) is 9.59 Å². The number of amides is 2. The SMILES string of the molecule is CNC(=O)C1C=CC(Sc2ncc3c(n2)N(C2CCCC2)CC(C)(C)C(=O)N3C)=CC1. The van der Waals surface area contributed by atoms with E-state index in [-0.39, 0.29) is 17.7 Å². The predicted octanol–water partition coefficient (Wildman–Crippen LogP) is 3.53. The van der Waals surface area contributed by atoms with Gasteiger partial charge in [-0.2, -0.15) is 0 Å². The zero-order valence-electron chi connectivity index (χ0n) is 18.7. The van der Waals surface area contributed by atoms with E-state index in [4.69, 9.17) is 4.98 Å². The average Bonchev–Trinajstić information content (AvgIpc) is 3.29. The van der Waals surface area contributed by atoms with Gasteiger partial charge < -0.3 is 15.1 Å². The summed E-state index contributed by atoms with van der Waals surface area (Å²) in [4.78, 5) is 39.5. The van der Waals surface area contributed by atoms with Crippen molar-refractivity contribution < 1.29 is 9.59 Å². The topological polar surface area (TPSA) is 78.4 Å². The van der Waals surface area contributed by atoms with E-state index < -0.39 is 5.41 Å². The fraction of sp³-hybridized carbons (Fsp3) is 0.565. The molecule has 1 saturated carbocycles. The number of rotatable bonds is 4. The van der Waals surface area contributed by atoms with Crippen LogP contribution in [0.5, 0.6) is 0 Å². The van der Waals surface area contributed by atoms with Crippen molar-refractivity contribution in [3.05, 3.63) is 29.3 Å². The molecule has 4 rings (SSSR count). The van der Waals surface area contributed by atoms with E-state index >= 15 is 0 Å². The summed E-state index contributed by atoms with van der Waals surface area (Å²) in [5.41, 5.74) is 0.286. The maximum Gasteiger partial charge on any atom is 0.234 e. The molecular weight excluding hydrogens is 410 g/mol. The normalized spacial score (nSPS) is 23.4. The van der Waals surface area contributed by atoms with Gasteiger partial charge in [0.15, 0.2) is 11.0 Å². The van der Waals surface area contributed by atoms with Gasteiger partial charge in [-0.05, 0) is 33.1 Å². The van der Waals surface area contributed by atoms with Gasteiger partial charge in [0.2, 0.25) is 11.8 Å². The quantitative estimate of drug-likeness (QED) is 0.721. The molecule has 0 radical (unpaired) electrons. The van der Waals surface area contributed by atoms with Gasteiger partial charge in [0.1, 0.15) is 5.69 Å². The minimum absolute atomic E-state index is 0.0281. The summed E-state index contributed by atoms with van der Waals surface area (Å²) < 4.78 is 0. The van der Waals surface area contributed by atoms with Crippen molar-refractivity contribution in [2.75, 3.05) is 30.4 Å². The second kappa shape index (κ2) is 8.65. The molecule has 31 heavy (non-hydrogen) atoms. The Morgan fingerprint density at radius 2 is 2.03 bits per heavy atom. The van der Waals surface area contributed by atoms with Gasteiger partial charge in [0, 0.05) is 31.6 Å². The maximum atomic E-state index is 13.1. The Balaban J connectivity index is 1.63. The summed E-state index contributed by atoms with van der Waals surface area (Å²) in [5, 5.41) is 3.36. The summed E-state index contributed by atoms with van der Waals surface area (Å²) in [6, 6.07) is 0.409. The fourth-order valence-corrected chi connectivity index (χ4v) is 5.43. The van der Waals surface area contributed by atoms with Crippen molar-refractivity contribution in [1.82, 2.24) is 15.3 Å². The van der Waals surface area contributed by atoms with Crippen LogP contribution in [0, 0.1) is 11.3 Å². The molecule has 0 spiro atoms. The van der Waals surface area contributed by atoms with Gasteiger partial charge in [-0.15, -0.1) is 0 Å². The number of allylic oxidation sites excluding steroid dienone is 2. The fourth-order valence-electron chi connectivity index (χ4n) is 4.66. The van der Waals surface area contributed by atoms with E-state index in [9.17, 15) is 9.59 Å². The molecule has 1 atom stereocenters. The number of hydrogen-bond donors (Lipinski definition) is 1. The highest BCUT2D eigenvalue weighted by Gasteiger charge is 2.41. The second-order valence-corrected chi connectivity index (χ2v) is 10.2. The molecule has 1 N–H and O–H groups in total. The zero-order chi connectivity index (χ0) is 22.2. The number of carbonyl (C=O) groups is 2. The van der Waals surface area contributed by atoms with Crippen LogP contribution in [0.2, 0.25) is 0 Å². The van der Waals surface area contributed by atoms with Crippen molar-refractivity contribution in [2.24, 2.45) is 11.3 Å². The third-order valence-electron chi connectivity index (χ3n) is 6.43. The average molecular weight is 442 g/mol. The van der Waals surface area contributed by atoms with E-state index in [1.54, 1.807) is 18.1 Å². The molecule has 166 valence electrons. The Labute approximate surface area is 188 Å². The van der Waals surface area contributed by atoms with Gasteiger partial charge in [0.05, 0.1) is 17.5 Å². The highest BCUT2D eigenvalue weighted by molar-refractivity contribution is 8.03. The standard InChI is InChI=1S/C23H31N5O2S/c1-23(2)14-28(16-7-5-6-8-16)19-18(27(4)21(23)30)13-25-22(26-19)31-17-11-9-15(10-12-17)20(29)24-3/h9,11-13,15-16H,5-8,10,14H2,1-4H3,(H,24,29). The van der Waals surface area contributed by atoms with Gasteiger partial charge >= 0.3 is 0 Å². The molecule has 7 nitrogen and oxygen atoms in total. The highest BCUT2D eigenvalue weighted by Crippen LogP contribution is 2.41. The summed E-state index contributed by atoms with van der Waals surface area (Å²) in [7, 11) is 3.48. The Kier molecular flexibility index (Phi) is 6.10. The monoisotopic (exact) mass is 441 g/mol. The van der Waals surface area contributed by atoms with Crippen LogP contribution in [0.15, 0.2) is 34.5 Å². The first kappa shape index (κ1) is 21.9. The molecule has 2 aliphatic carbocycles. The molecule has 3 aliphatic rings. The van der Waals surface area contributed by atoms with Crippen molar-refractivity contribution in [2.45, 2.75) is 57.1 Å². The van der Waals surface area contributed by atoms with E-state index in [2.05, 4.69) is 21.3 Å². The lowest BCUT2D eigenvalue weighted by Gasteiger charge is -2.34. The van der Waals surface area contributed by atoms with Gasteiger partial charge in [-0.25, -0.2) is 9.97 Å². The molecule has 0 saturated heterocycles. The Hall–Kier alpha value is -2.35. The maximum absolute atomic E-state index is 13.1. The Morgan fingerprint density at radius 1 is 1.29 bits per heavy atom. The van der Waals surface area contributed by atoms with Crippen LogP contribution >= 0.6 is 11.8 Å². The largest absolute Gasteiger partial charge is 0.359 e. The van der Waals surface area contributed by atoms with Crippen LogP contribution in [0.25, 0.3) is 0 Å². The van der Waals surface area contributed by atoms with Crippen LogP contribution in [0.1, 0.15) is 46.0 Å². The molecule has 1 aliphatic heterocycles. The highest BCUT2D eigenvalue weighted by atomic mass is 32.2. The molecule has 2 amide bonds. The molecule has 2 heterocycles. The van der Waals surface area contributed by atoms with Gasteiger partial charge in [-0.1, -0.05) is 42.8 Å². The van der Waals surface area contributed by atoms with E-state index in [0.29, 0.717) is 24.2 Å². The van der Waals surface area contributed by atoms with Crippen LogP contribution in [-0.4, -0.2) is 48.5 Å². The summed E-state index contributed by atoms with van der Waals surface area (Å²) in [5.74, 6) is 0.855. The molecule has 0 aromatic carbocycles. The van der Waals surface area contributed by atoms with E-state index in [1.165, 1.54) is 24.6 Å². The van der Waals surface area contributed by atoms with Gasteiger partial charge in [0.25, 0.3) is 0 Å². The molecule has 8 heteroatoms. The number of thioether (sulfide) groups is 1. The lowest BCUT2D eigenvalue weighted by atomic mass is 9.91. The molecule has 1 aromatic rings. The first-order valence-electron chi connectivity index (χ1n) is 11.0. The number of anilines is 2. The number of aromatic nitrogens is 2. The minimum Gasteiger partial charge on any atom is -0.359 e. The first-order valence-corrected chi connectivity index (χ1v) is 11.8. The van der Waals surface area contributed by atoms with Crippen molar-refractivity contribution in [3.63, 3.8) is 0 Å². The summed E-state index contributed by atoms with van der Waals surface area (Å²) in [6.07, 6.45) is 13.1. The number of carbonyl (C=O) groups excluding carboxylic acids is 2. The van der Waals surface area contributed by atoms with Crippen LogP contribution in [0.4, 0.5) is 11.5 Å².